The predicted octanol–water partition coefficient (Wildman–Crippen LogP) is 4.60. The zero-order chi connectivity index (χ0) is 21.1. The molecule has 0 bridgehead atoms. The van der Waals surface area contributed by atoms with E-state index in [1.165, 1.54) is 6.07 Å². The number of hydrogen-bond donors (Lipinski definition) is 1. The van der Waals surface area contributed by atoms with Crippen LogP contribution in [0.25, 0.3) is 11.4 Å². The fourth-order valence-electron chi connectivity index (χ4n) is 3.49. The summed E-state index contributed by atoms with van der Waals surface area (Å²) in [5.41, 5.74) is 1.80. The molecule has 0 radical (unpaired) electrons. The van der Waals surface area contributed by atoms with Gasteiger partial charge in [-0.15, -0.1) is 0 Å². The summed E-state index contributed by atoms with van der Waals surface area (Å²) in [7, 11) is 1.61. The summed E-state index contributed by atoms with van der Waals surface area (Å²) in [5, 5.41) is 6.85. The number of aryl methyl sites for hydroxylation is 1. The Morgan fingerprint density at radius 3 is 2.80 bits per heavy atom. The minimum absolute atomic E-state index is 0.0428. The van der Waals surface area contributed by atoms with E-state index in [-0.39, 0.29) is 17.8 Å². The largest absolute Gasteiger partial charge is 0.497 e. The molecule has 0 aliphatic carbocycles. The van der Waals surface area contributed by atoms with Crippen molar-refractivity contribution in [1.82, 2.24) is 15.0 Å². The lowest BCUT2D eigenvalue weighted by atomic mass is 9.98. The van der Waals surface area contributed by atoms with E-state index in [9.17, 15) is 9.18 Å². The molecule has 1 unspecified atom stereocenters. The third-order valence-corrected chi connectivity index (χ3v) is 5.27. The highest BCUT2D eigenvalue weighted by Gasteiger charge is 2.29. The number of benzene rings is 2. The van der Waals surface area contributed by atoms with E-state index in [4.69, 9.17) is 9.26 Å². The number of halogens is 1. The van der Waals surface area contributed by atoms with Crippen LogP contribution < -0.4 is 10.1 Å². The van der Waals surface area contributed by atoms with Crippen molar-refractivity contribution in [3.63, 3.8) is 0 Å². The number of nitrogens with one attached hydrogen (secondary N) is 1. The lowest BCUT2D eigenvalue weighted by Gasteiger charge is -2.31. The lowest BCUT2D eigenvalue weighted by Crippen LogP contribution is -2.41. The number of methoxy groups -OCH3 is 1. The second kappa shape index (κ2) is 8.52. The highest BCUT2D eigenvalue weighted by Crippen LogP contribution is 2.28. The maximum atomic E-state index is 13.7. The van der Waals surface area contributed by atoms with Crippen molar-refractivity contribution >= 4 is 11.7 Å². The number of rotatable bonds is 4. The third-order valence-electron chi connectivity index (χ3n) is 5.27. The van der Waals surface area contributed by atoms with Gasteiger partial charge in [0.25, 0.3) is 0 Å². The summed E-state index contributed by atoms with van der Waals surface area (Å²) in [5.74, 6) is 1.38. The average Bonchev–Trinajstić information content (AvgIpc) is 3.27. The topological polar surface area (TPSA) is 80.5 Å². The molecule has 8 heteroatoms. The van der Waals surface area contributed by atoms with Gasteiger partial charge in [0.05, 0.1) is 13.0 Å². The molecule has 0 spiro atoms. The van der Waals surface area contributed by atoms with Crippen molar-refractivity contribution in [2.45, 2.75) is 25.7 Å². The fraction of sp³-hybridized carbons (Fsp3) is 0.318. The van der Waals surface area contributed by atoms with Crippen molar-refractivity contribution in [2.75, 3.05) is 25.5 Å². The fourth-order valence-corrected chi connectivity index (χ4v) is 3.49. The number of likely N-dealkylation sites (tertiary alicyclic amines) is 1. The van der Waals surface area contributed by atoms with Crippen molar-refractivity contribution in [1.29, 1.82) is 0 Å². The number of piperidine rings is 1. The number of aromatic nitrogens is 2. The predicted molar refractivity (Wildman–Crippen MR) is 110 cm³/mol. The van der Waals surface area contributed by atoms with Crippen LogP contribution in [0.5, 0.6) is 5.75 Å². The van der Waals surface area contributed by atoms with Gasteiger partial charge in [-0.05, 0) is 61.7 Å². The molecule has 4 rings (SSSR count). The van der Waals surface area contributed by atoms with Gasteiger partial charge in [0.2, 0.25) is 11.7 Å². The first-order valence-electron chi connectivity index (χ1n) is 9.83. The van der Waals surface area contributed by atoms with Crippen LogP contribution in [0.4, 0.5) is 14.9 Å². The molecule has 0 saturated carbocycles. The van der Waals surface area contributed by atoms with Gasteiger partial charge in [0.15, 0.2) is 0 Å². The second-order valence-corrected chi connectivity index (χ2v) is 7.36. The van der Waals surface area contributed by atoms with E-state index in [0.717, 1.165) is 24.2 Å². The van der Waals surface area contributed by atoms with Gasteiger partial charge in [0.1, 0.15) is 11.6 Å². The molecule has 1 aromatic heterocycles. The van der Waals surface area contributed by atoms with Crippen molar-refractivity contribution in [3.8, 4) is 17.1 Å². The summed E-state index contributed by atoms with van der Waals surface area (Å²) >= 11 is 0. The Labute approximate surface area is 173 Å². The molecule has 1 N–H and O–H groups in total. The minimum Gasteiger partial charge on any atom is -0.497 e. The van der Waals surface area contributed by atoms with Gasteiger partial charge in [-0.2, -0.15) is 4.98 Å². The number of carbonyl (C=O) groups excluding carboxylic acids is 1. The quantitative estimate of drug-likeness (QED) is 0.680. The Morgan fingerprint density at radius 2 is 2.07 bits per heavy atom. The normalized spacial score (nSPS) is 16.4. The van der Waals surface area contributed by atoms with Crippen molar-refractivity contribution < 1.29 is 18.4 Å². The average molecular weight is 410 g/mol. The molecule has 2 aromatic carbocycles. The van der Waals surface area contributed by atoms with E-state index < -0.39 is 0 Å². The van der Waals surface area contributed by atoms with Crippen LogP contribution in [-0.2, 0) is 0 Å². The molecule has 3 aromatic rings. The smallest absolute Gasteiger partial charge is 0.321 e. The first-order valence-corrected chi connectivity index (χ1v) is 9.83. The zero-order valence-corrected chi connectivity index (χ0v) is 16.9. The minimum atomic E-state index is -0.346. The van der Waals surface area contributed by atoms with Crippen LogP contribution in [0.2, 0.25) is 0 Å². The number of amides is 2. The summed E-state index contributed by atoms with van der Waals surface area (Å²) in [6.45, 7) is 2.77. The molecular weight excluding hydrogens is 387 g/mol. The van der Waals surface area contributed by atoms with Crippen molar-refractivity contribution in [2.24, 2.45) is 0 Å². The molecule has 1 fully saturated rings. The monoisotopic (exact) mass is 410 g/mol. The summed E-state index contributed by atoms with van der Waals surface area (Å²) < 4.78 is 24.4. The maximum absolute atomic E-state index is 13.7. The third kappa shape index (κ3) is 4.27. The van der Waals surface area contributed by atoms with E-state index in [2.05, 4.69) is 15.5 Å². The van der Waals surface area contributed by atoms with Crippen LogP contribution in [0.1, 0.15) is 30.2 Å². The van der Waals surface area contributed by atoms with Crippen LogP contribution in [-0.4, -0.2) is 41.3 Å². The Kier molecular flexibility index (Phi) is 5.65. The van der Waals surface area contributed by atoms with Gasteiger partial charge in [-0.1, -0.05) is 11.2 Å². The molecule has 2 heterocycles. The molecule has 1 atom stereocenters. The number of ether oxygens (including phenoxy) is 1. The van der Waals surface area contributed by atoms with Gasteiger partial charge in [-0.25, -0.2) is 9.18 Å². The van der Waals surface area contributed by atoms with E-state index in [1.807, 2.05) is 24.3 Å². The number of carbonyl (C=O) groups is 1. The molecule has 156 valence electrons. The lowest BCUT2D eigenvalue weighted by molar-refractivity contribution is 0.184. The highest BCUT2D eigenvalue weighted by atomic mass is 19.1. The van der Waals surface area contributed by atoms with E-state index in [1.54, 1.807) is 31.1 Å². The van der Waals surface area contributed by atoms with E-state index >= 15 is 0 Å². The Balaban J connectivity index is 1.42. The number of anilines is 1. The summed E-state index contributed by atoms with van der Waals surface area (Å²) in [6, 6.07) is 11.8. The van der Waals surface area contributed by atoms with Gasteiger partial charge >= 0.3 is 6.03 Å². The van der Waals surface area contributed by atoms with Crippen LogP contribution in [0, 0.1) is 12.7 Å². The van der Waals surface area contributed by atoms with E-state index in [0.29, 0.717) is 36.1 Å². The molecule has 1 aliphatic rings. The summed E-state index contributed by atoms with van der Waals surface area (Å²) in [6.07, 6.45) is 1.67. The first kappa shape index (κ1) is 19.9. The SMILES string of the molecule is COc1ccc(-c2noc(C3CCCN(C(=O)Nc4ccc(C)c(F)c4)C3)n2)cc1. The number of nitrogens with zero attached hydrogens (tertiary/aromatic N) is 3. The number of urea groups is 1. The molecule has 2 amide bonds. The second-order valence-electron chi connectivity index (χ2n) is 7.36. The van der Waals surface area contributed by atoms with Crippen LogP contribution >= 0.6 is 0 Å². The molecule has 30 heavy (non-hydrogen) atoms. The first-order chi connectivity index (χ1) is 14.5. The molecular formula is C22H23FN4O3. The summed E-state index contributed by atoms with van der Waals surface area (Å²) in [4.78, 5) is 18.9. The van der Waals surface area contributed by atoms with Crippen LogP contribution in [0.15, 0.2) is 47.0 Å². The van der Waals surface area contributed by atoms with Gasteiger partial charge in [-0.3, -0.25) is 0 Å². The van der Waals surface area contributed by atoms with Gasteiger partial charge < -0.3 is 19.5 Å². The Morgan fingerprint density at radius 1 is 1.27 bits per heavy atom. The Hall–Kier alpha value is -3.42. The zero-order valence-electron chi connectivity index (χ0n) is 16.9. The number of hydrogen-bond acceptors (Lipinski definition) is 5. The highest BCUT2D eigenvalue weighted by molar-refractivity contribution is 5.89. The van der Waals surface area contributed by atoms with Crippen LogP contribution in [0.3, 0.4) is 0 Å². The molecule has 1 aliphatic heterocycles. The molecule has 1 saturated heterocycles. The van der Waals surface area contributed by atoms with Crippen molar-refractivity contribution in [3.05, 3.63) is 59.7 Å². The molecule has 7 nitrogen and oxygen atoms in total. The standard InChI is InChI=1S/C22H23FN4O3/c1-14-5-8-17(12-19(14)23)24-22(28)27-11-3-4-16(13-27)21-25-20(26-30-21)15-6-9-18(29-2)10-7-15/h5-10,12,16H,3-4,11,13H2,1-2H3,(H,24,28). The van der Waals surface area contributed by atoms with Gasteiger partial charge in [0, 0.05) is 24.3 Å². The maximum Gasteiger partial charge on any atom is 0.321 e. The Bertz CT molecular complexity index is 1040.